The quantitative estimate of drug-likeness (QED) is 0.479. The average molecular weight is 501 g/mol. The van der Waals surface area contributed by atoms with Gasteiger partial charge in [0.05, 0.1) is 30.2 Å². The molecule has 3 rings (SSSR count). The van der Waals surface area contributed by atoms with Gasteiger partial charge < -0.3 is 24.0 Å². The van der Waals surface area contributed by atoms with E-state index in [0.29, 0.717) is 48.0 Å². The SMILES string of the molecule is CCCOC(=O)c1cccc2c1S[C@@H](c1ccc(OC)cc1)[C@@H](OC(C)=O)C(=O)N2CCN(C)C. The fourth-order valence-electron chi connectivity index (χ4n) is 3.74. The van der Waals surface area contributed by atoms with Crippen LogP contribution in [0.25, 0.3) is 0 Å². The monoisotopic (exact) mass is 500 g/mol. The number of carbonyl (C=O) groups is 3. The van der Waals surface area contributed by atoms with Crippen LogP contribution in [0.5, 0.6) is 5.75 Å². The Labute approximate surface area is 210 Å². The second kappa shape index (κ2) is 12.1. The van der Waals surface area contributed by atoms with Gasteiger partial charge in [-0.3, -0.25) is 9.59 Å². The van der Waals surface area contributed by atoms with E-state index in [1.165, 1.54) is 18.7 Å². The van der Waals surface area contributed by atoms with E-state index in [9.17, 15) is 14.4 Å². The summed E-state index contributed by atoms with van der Waals surface area (Å²) in [5, 5.41) is -0.583. The number of rotatable bonds is 9. The summed E-state index contributed by atoms with van der Waals surface area (Å²) < 4.78 is 16.3. The van der Waals surface area contributed by atoms with Crippen molar-refractivity contribution in [3.05, 3.63) is 53.6 Å². The van der Waals surface area contributed by atoms with E-state index in [1.54, 1.807) is 36.3 Å². The van der Waals surface area contributed by atoms with Crippen LogP contribution in [0.4, 0.5) is 5.69 Å². The highest BCUT2D eigenvalue weighted by Gasteiger charge is 2.42. The van der Waals surface area contributed by atoms with Crippen LogP contribution in [0.15, 0.2) is 47.4 Å². The molecule has 0 aliphatic carbocycles. The predicted octanol–water partition coefficient (Wildman–Crippen LogP) is 3.94. The highest BCUT2D eigenvalue weighted by molar-refractivity contribution is 8.00. The van der Waals surface area contributed by atoms with Crippen molar-refractivity contribution in [1.82, 2.24) is 4.90 Å². The van der Waals surface area contributed by atoms with Gasteiger partial charge in [0.15, 0.2) is 6.10 Å². The van der Waals surface area contributed by atoms with Crippen molar-refractivity contribution in [2.24, 2.45) is 0 Å². The van der Waals surface area contributed by atoms with E-state index in [4.69, 9.17) is 14.2 Å². The molecule has 0 saturated heterocycles. The van der Waals surface area contributed by atoms with Crippen LogP contribution >= 0.6 is 11.8 Å². The number of methoxy groups -OCH3 is 1. The molecule has 0 radical (unpaired) electrons. The molecule has 0 bridgehead atoms. The molecule has 2 aromatic carbocycles. The van der Waals surface area contributed by atoms with Gasteiger partial charge in [0.1, 0.15) is 5.75 Å². The molecule has 1 heterocycles. The zero-order chi connectivity index (χ0) is 25.5. The highest BCUT2D eigenvalue weighted by Crippen LogP contribution is 2.48. The minimum Gasteiger partial charge on any atom is -0.497 e. The summed E-state index contributed by atoms with van der Waals surface area (Å²) in [6, 6.07) is 12.5. The molecular weight excluding hydrogens is 468 g/mol. The van der Waals surface area contributed by atoms with Gasteiger partial charge in [-0.1, -0.05) is 25.1 Å². The predicted molar refractivity (Wildman–Crippen MR) is 135 cm³/mol. The molecule has 9 heteroatoms. The topological polar surface area (TPSA) is 85.4 Å². The fourth-order valence-corrected chi connectivity index (χ4v) is 5.16. The normalized spacial score (nSPS) is 17.5. The lowest BCUT2D eigenvalue weighted by molar-refractivity contribution is -0.152. The Kier molecular flexibility index (Phi) is 9.17. The van der Waals surface area contributed by atoms with Crippen LogP contribution in [0.1, 0.15) is 41.4 Å². The van der Waals surface area contributed by atoms with Crippen molar-refractivity contribution in [3.8, 4) is 5.75 Å². The van der Waals surface area contributed by atoms with E-state index in [1.807, 2.05) is 44.1 Å². The second-order valence-electron chi connectivity index (χ2n) is 8.42. The Morgan fingerprint density at radius 3 is 2.43 bits per heavy atom. The number of carbonyl (C=O) groups excluding carboxylic acids is 3. The number of esters is 2. The Morgan fingerprint density at radius 1 is 1.11 bits per heavy atom. The largest absolute Gasteiger partial charge is 0.497 e. The van der Waals surface area contributed by atoms with Crippen molar-refractivity contribution in [2.45, 2.75) is 36.5 Å². The van der Waals surface area contributed by atoms with Gasteiger partial charge in [0, 0.05) is 24.9 Å². The Bertz CT molecular complexity index is 1060. The highest BCUT2D eigenvalue weighted by atomic mass is 32.2. The number of likely N-dealkylation sites (N-methyl/N-ethyl adjacent to an activating group) is 1. The van der Waals surface area contributed by atoms with E-state index in [0.717, 1.165) is 5.56 Å². The second-order valence-corrected chi connectivity index (χ2v) is 9.58. The summed E-state index contributed by atoms with van der Waals surface area (Å²) in [5.41, 5.74) is 1.75. The number of hydrogen-bond acceptors (Lipinski definition) is 8. The number of hydrogen-bond donors (Lipinski definition) is 0. The maximum atomic E-state index is 13.9. The maximum Gasteiger partial charge on any atom is 0.339 e. The summed E-state index contributed by atoms with van der Waals surface area (Å²) in [6.07, 6.45) is -0.385. The molecule has 35 heavy (non-hydrogen) atoms. The molecule has 1 amide bonds. The summed E-state index contributed by atoms with van der Waals surface area (Å²) in [5.74, 6) is -0.674. The molecule has 188 valence electrons. The number of fused-ring (bicyclic) bond motifs is 1. The molecule has 2 atom stereocenters. The summed E-state index contributed by atoms with van der Waals surface area (Å²) >= 11 is 1.33. The van der Waals surface area contributed by atoms with Gasteiger partial charge in [0.25, 0.3) is 5.91 Å². The van der Waals surface area contributed by atoms with E-state index in [-0.39, 0.29) is 5.91 Å². The molecule has 1 aliphatic rings. The molecule has 0 fully saturated rings. The average Bonchev–Trinajstić information content (AvgIpc) is 2.95. The molecule has 1 aliphatic heterocycles. The van der Waals surface area contributed by atoms with Crippen LogP contribution < -0.4 is 9.64 Å². The first-order valence-electron chi connectivity index (χ1n) is 11.5. The van der Waals surface area contributed by atoms with E-state index < -0.39 is 23.3 Å². The first-order valence-corrected chi connectivity index (χ1v) is 12.4. The number of nitrogens with zero attached hydrogens (tertiary/aromatic N) is 2. The Morgan fingerprint density at radius 2 is 1.83 bits per heavy atom. The lowest BCUT2D eigenvalue weighted by atomic mass is 10.1. The van der Waals surface area contributed by atoms with Crippen molar-refractivity contribution in [2.75, 3.05) is 45.8 Å². The van der Waals surface area contributed by atoms with Crippen LogP contribution in [0.2, 0.25) is 0 Å². The molecule has 0 aromatic heterocycles. The zero-order valence-corrected chi connectivity index (χ0v) is 21.6. The van der Waals surface area contributed by atoms with E-state index >= 15 is 0 Å². The molecule has 8 nitrogen and oxygen atoms in total. The third-order valence-electron chi connectivity index (χ3n) is 5.48. The van der Waals surface area contributed by atoms with Gasteiger partial charge in [-0.15, -0.1) is 11.8 Å². The van der Waals surface area contributed by atoms with Crippen molar-refractivity contribution >= 4 is 35.3 Å². The van der Waals surface area contributed by atoms with Crippen molar-refractivity contribution < 1.29 is 28.6 Å². The standard InChI is InChI=1S/C26H32N2O6S/c1-6-16-33-26(31)20-8-7-9-21-24(20)35-23(18-10-12-19(32-5)13-11-18)22(34-17(2)29)25(30)28(21)15-14-27(3)4/h7-13,22-23H,6,14-16H2,1-5H3/t22-,23+/m1/s1. The lowest BCUT2D eigenvalue weighted by Gasteiger charge is -2.28. The van der Waals surface area contributed by atoms with Gasteiger partial charge in [-0.25, -0.2) is 4.79 Å². The van der Waals surface area contributed by atoms with E-state index in [2.05, 4.69) is 0 Å². The number of ether oxygens (including phenoxy) is 3. The fraction of sp³-hybridized carbons (Fsp3) is 0.423. The number of amides is 1. The molecule has 0 unspecified atom stereocenters. The first kappa shape index (κ1) is 26.6. The molecule has 0 spiro atoms. The lowest BCUT2D eigenvalue weighted by Crippen LogP contribution is -2.45. The van der Waals surface area contributed by atoms with Crippen LogP contribution in [0, 0.1) is 0 Å². The molecule has 0 N–H and O–H groups in total. The summed E-state index contributed by atoms with van der Waals surface area (Å²) in [7, 11) is 5.41. The van der Waals surface area contributed by atoms with Gasteiger partial charge >= 0.3 is 11.9 Å². The number of benzene rings is 2. The third-order valence-corrected chi connectivity index (χ3v) is 6.92. The van der Waals surface area contributed by atoms with Gasteiger partial charge in [-0.05, 0) is 50.3 Å². The van der Waals surface area contributed by atoms with Crippen LogP contribution in [-0.4, -0.2) is 69.8 Å². The smallest absolute Gasteiger partial charge is 0.339 e. The molecule has 0 saturated carbocycles. The van der Waals surface area contributed by atoms with Crippen molar-refractivity contribution in [3.63, 3.8) is 0 Å². The number of thioether (sulfide) groups is 1. The number of anilines is 1. The van der Waals surface area contributed by atoms with Crippen LogP contribution in [0.3, 0.4) is 0 Å². The summed E-state index contributed by atoms with van der Waals surface area (Å²) in [4.78, 5) is 43.1. The van der Waals surface area contributed by atoms with Crippen LogP contribution in [-0.2, 0) is 19.1 Å². The van der Waals surface area contributed by atoms with Gasteiger partial charge in [0.2, 0.25) is 0 Å². The molecule has 2 aromatic rings. The Hall–Kier alpha value is -3.04. The minimum absolute atomic E-state index is 0.300. The van der Waals surface area contributed by atoms with Crippen molar-refractivity contribution in [1.29, 1.82) is 0 Å². The first-order chi connectivity index (χ1) is 16.8. The third kappa shape index (κ3) is 6.35. The zero-order valence-electron chi connectivity index (χ0n) is 20.8. The van der Waals surface area contributed by atoms with Gasteiger partial charge in [-0.2, -0.15) is 0 Å². The Balaban J connectivity index is 2.17. The molecular formula is C26H32N2O6S. The summed E-state index contributed by atoms with van der Waals surface area (Å²) in [6.45, 7) is 4.46. The minimum atomic E-state index is -1.08. The maximum absolute atomic E-state index is 13.9.